The molecule has 0 bridgehead atoms. The Bertz CT molecular complexity index is 760. The molecule has 1 fully saturated rings. The Morgan fingerprint density at radius 3 is 3.13 bits per heavy atom. The minimum Gasteiger partial charge on any atom is -0.476 e. The first-order valence-electron chi connectivity index (χ1n) is 8.53. The normalized spacial score (nSPS) is 32.0. The van der Waals surface area contributed by atoms with Crippen molar-refractivity contribution in [1.29, 1.82) is 0 Å². The molecule has 0 aliphatic carbocycles. The van der Waals surface area contributed by atoms with E-state index in [0.717, 1.165) is 12.8 Å². The first-order chi connectivity index (χ1) is 11.9. The van der Waals surface area contributed by atoms with Crippen LogP contribution in [0, 0.1) is 0 Å². The average molecular weight is 327 g/mol. The van der Waals surface area contributed by atoms with Crippen LogP contribution in [0.3, 0.4) is 0 Å². The lowest BCUT2D eigenvalue weighted by atomic mass is 10.2. The van der Waals surface area contributed by atoms with E-state index in [-0.39, 0.29) is 23.0 Å². The smallest absolute Gasteiger partial charge is 0.247 e. The molecule has 0 saturated carbocycles. The number of ether oxygens (including phenoxy) is 2. The van der Waals surface area contributed by atoms with Crippen LogP contribution in [0.1, 0.15) is 35.1 Å². The maximum Gasteiger partial charge on any atom is 0.247 e. The van der Waals surface area contributed by atoms with Crippen LogP contribution in [-0.2, 0) is 4.74 Å². The molecule has 0 amide bonds. The summed E-state index contributed by atoms with van der Waals surface area (Å²) in [6, 6.07) is 0. The molecule has 2 aromatic heterocycles. The van der Waals surface area contributed by atoms with Gasteiger partial charge in [-0.05, 0) is 6.42 Å². The van der Waals surface area contributed by atoms with E-state index in [1.807, 2.05) is 6.92 Å². The fourth-order valence-electron chi connectivity index (χ4n) is 2.27. The van der Waals surface area contributed by atoms with Crippen molar-refractivity contribution in [3.05, 3.63) is 6.33 Å². The monoisotopic (exact) mass is 327 g/mol. The van der Waals surface area contributed by atoms with Crippen LogP contribution in [0.15, 0.2) is 6.33 Å². The summed E-state index contributed by atoms with van der Waals surface area (Å²) in [4.78, 5) is 12.3. The summed E-state index contributed by atoms with van der Waals surface area (Å²) in [6.07, 6.45) is -2.70. The molecule has 1 saturated heterocycles. The summed E-state index contributed by atoms with van der Waals surface area (Å²) in [5.41, 5.74) is 6.18. The predicted molar refractivity (Wildman–Crippen MR) is 81.8 cm³/mol. The zero-order valence-electron chi connectivity index (χ0n) is 14.7. The fourth-order valence-corrected chi connectivity index (χ4v) is 2.27. The number of hydrogen-bond donors (Lipinski definition) is 3. The molecule has 1 aliphatic heterocycles. The maximum atomic E-state index is 10.0. The highest BCUT2D eigenvalue weighted by Crippen LogP contribution is 2.32. The summed E-state index contributed by atoms with van der Waals surface area (Å²) in [6.45, 7) is 1.96. The van der Waals surface area contributed by atoms with Crippen LogP contribution >= 0.6 is 0 Å². The summed E-state index contributed by atoms with van der Waals surface area (Å²) in [5.74, 6) is 0.125. The van der Waals surface area contributed by atoms with Gasteiger partial charge in [0.15, 0.2) is 11.2 Å². The van der Waals surface area contributed by atoms with Crippen LogP contribution in [0.25, 0.3) is 11.2 Å². The zero-order chi connectivity index (χ0) is 18.2. The number of nitrogen functional groups attached to an aromatic ring is 1. The van der Waals surface area contributed by atoms with E-state index in [4.69, 9.17) is 17.9 Å². The SMILES string of the molecule is [3H][C@@H]1[C@H](O)[C@@H](CO)O[C@@]1([3H])n1cnc2c(OCCCC)nc(N)nc21. The Morgan fingerprint density at radius 2 is 2.43 bits per heavy atom. The third-order valence-electron chi connectivity index (χ3n) is 3.50. The van der Waals surface area contributed by atoms with Crippen LogP contribution in [0.4, 0.5) is 5.95 Å². The summed E-state index contributed by atoms with van der Waals surface area (Å²) in [5, 5.41) is 19.3. The van der Waals surface area contributed by atoms with E-state index >= 15 is 0 Å². The van der Waals surface area contributed by atoms with Gasteiger partial charge in [0.05, 0.1) is 27.0 Å². The highest BCUT2D eigenvalue weighted by atomic mass is 16.5. The Labute approximate surface area is 135 Å². The molecule has 0 spiro atoms. The first kappa shape index (κ1) is 13.5. The van der Waals surface area contributed by atoms with Gasteiger partial charge in [-0.25, -0.2) is 4.98 Å². The van der Waals surface area contributed by atoms with Crippen molar-refractivity contribution < 1.29 is 22.4 Å². The minimum atomic E-state index is -2.01. The number of nitrogens with two attached hydrogens (primary N) is 1. The van der Waals surface area contributed by atoms with Gasteiger partial charge in [-0.1, -0.05) is 13.3 Å². The molecular weight excluding hydrogens is 302 g/mol. The van der Waals surface area contributed by atoms with Crippen LogP contribution in [-0.4, -0.2) is 55.2 Å². The summed E-state index contributed by atoms with van der Waals surface area (Å²) >= 11 is 0. The number of nitrogens with zero attached hydrogens (tertiary/aromatic N) is 4. The maximum absolute atomic E-state index is 10.0. The fraction of sp³-hybridized carbons (Fsp3) is 0.643. The number of imidazole rings is 1. The van der Waals surface area contributed by atoms with Gasteiger partial charge < -0.3 is 25.4 Å². The topological polar surface area (TPSA) is 129 Å². The van der Waals surface area contributed by atoms with Crippen molar-refractivity contribution in [1.82, 2.24) is 19.5 Å². The molecule has 9 nitrogen and oxygen atoms in total. The molecule has 126 valence electrons. The van der Waals surface area contributed by atoms with Crippen molar-refractivity contribution >= 4 is 17.1 Å². The van der Waals surface area contributed by atoms with Gasteiger partial charge in [0.25, 0.3) is 0 Å². The molecule has 4 atom stereocenters. The second kappa shape index (κ2) is 6.65. The van der Waals surface area contributed by atoms with Crippen LogP contribution in [0.2, 0.25) is 0 Å². The van der Waals surface area contributed by atoms with Gasteiger partial charge in [0, 0.05) is 7.77 Å². The number of aliphatic hydroxyl groups is 2. The van der Waals surface area contributed by atoms with Crippen molar-refractivity contribution in [2.24, 2.45) is 0 Å². The van der Waals surface area contributed by atoms with E-state index in [1.54, 1.807) is 0 Å². The molecule has 9 heteroatoms. The highest BCUT2D eigenvalue weighted by Gasteiger charge is 2.35. The molecule has 0 radical (unpaired) electrons. The van der Waals surface area contributed by atoms with E-state index in [1.165, 1.54) is 10.9 Å². The largest absolute Gasteiger partial charge is 0.476 e. The number of unbranched alkanes of at least 4 members (excludes halogenated alkanes) is 1. The molecule has 0 aromatic carbocycles. The van der Waals surface area contributed by atoms with Crippen LogP contribution < -0.4 is 10.5 Å². The van der Waals surface area contributed by atoms with Crippen LogP contribution in [0.5, 0.6) is 5.88 Å². The minimum absolute atomic E-state index is 0.0665. The number of aliphatic hydroxyl groups excluding tert-OH is 2. The van der Waals surface area contributed by atoms with Gasteiger partial charge in [-0.2, -0.15) is 9.97 Å². The van der Waals surface area contributed by atoms with E-state index < -0.39 is 31.4 Å². The second-order valence-electron chi connectivity index (χ2n) is 5.21. The Morgan fingerprint density at radius 1 is 1.61 bits per heavy atom. The lowest BCUT2D eigenvalue weighted by molar-refractivity contribution is -0.0432. The molecule has 3 heterocycles. The second-order valence-corrected chi connectivity index (χ2v) is 5.21. The Kier molecular flexibility index (Phi) is 3.89. The lowest BCUT2D eigenvalue weighted by Crippen LogP contribution is -2.24. The van der Waals surface area contributed by atoms with E-state index in [9.17, 15) is 10.2 Å². The quantitative estimate of drug-likeness (QED) is 0.643. The Balaban J connectivity index is 2.03. The molecular formula is C14H21N5O4. The number of fused-ring (bicyclic) bond motifs is 1. The predicted octanol–water partition coefficient (Wildman–Crippen LogP) is 0.228. The highest BCUT2D eigenvalue weighted by molar-refractivity contribution is 5.77. The van der Waals surface area contributed by atoms with Gasteiger partial charge in [-0.15, -0.1) is 0 Å². The van der Waals surface area contributed by atoms with Gasteiger partial charge in [0.1, 0.15) is 12.3 Å². The number of hydrogen-bond acceptors (Lipinski definition) is 8. The number of rotatable bonds is 6. The molecule has 0 unspecified atom stereocenters. The molecule has 4 N–H and O–H groups in total. The molecule has 1 aliphatic rings. The van der Waals surface area contributed by atoms with Crippen molar-refractivity contribution in [2.45, 2.75) is 44.6 Å². The molecule has 3 rings (SSSR count). The first-order valence-corrected chi connectivity index (χ1v) is 7.45. The van der Waals surface area contributed by atoms with E-state index in [2.05, 4.69) is 15.0 Å². The van der Waals surface area contributed by atoms with Crippen molar-refractivity contribution in [2.75, 3.05) is 18.9 Å². The number of aromatic nitrogens is 4. The third-order valence-corrected chi connectivity index (χ3v) is 3.50. The molecule has 2 aromatic rings. The lowest BCUT2D eigenvalue weighted by Gasteiger charge is -2.14. The van der Waals surface area contributed by atoms with Gasteiger partial charge in [-0.3, -0.25) is 4.57 Å². The third kappa shape index (κ3) is 3.07. The zero-order valence-corrected chi connectivity index (χ0v) is 12.7. The van der Waals surface area contributed by atoms with E-state index in [0.29, 0.717) is 6.61 Å². The summed E-state index contributed by atoms with van der Waals surface area (Å²) < 4.78 is 28.8. The Hall–Kier alpha value is -1.97. The van der Waals surface area contributed by atoms with Crippen molar-refractivity contribution in [3.8, 4) is 5.88 Å². The number of anilines is 1. The molecule has 23 heavy (non-hydrogen) atoms. The van der Waals surface area contributed by atoms with Gasteiger partial charge >= 0.3 is 0 Å². The average Bonchev–Trinajstić information content (AvgIpc) is 3.11. The standard InChI is InChI=1S/C14H21N5O4/c1-2-3-4-22-13-11-12(17-14(15)18-13)19(7-16-11)10-5-8(21)9(6-20)23-10/h7-10,20-21H,2-6H2,1H3,(H2,15,17,18)/t8-,9+,10+/m0/s1/i5T,10T/t5-,8+,9-,10-/m1. The summed E-state index contributed by atoms with van der Waals surface area (Å²) in [7, 11) is 0. The van der Waals surface area contributed by atoms with Gasteiger partial charge in [0.2, 0.25) is 11.8 Å². The van der Waals surface area contributed by atoms with Crippen molar-refractivity contribution in [3.63, 3.8) is 0 Å².